The van der Waals surface area contributed by atoms with Gasteiger partial charge >= 0.3 is 0 Å². The van der Waals surface area contributed by atoms with Crippen molar-refractivity contribution in [3.8, 4) is 5.69 Å². The molecule has 0 saturated carbocycles. The van der Waals surface area contributed by atoms with Crippen LogP contribution in [0.15, 0.2) is 29.4 Å². The van der Waals surface area contributed by atoms with Crippen molar-refractivity contribution in [2.75, 3.05) is 0 Å². The second kappa shape index (κ2) is 4.31. The van der Waals surface area contributed by atoms with Gasteiger partial charge < -0.3 is 0 Å². The monoisotopic (exact) mass is 227 g/mol. The predicted molar refractivity (Wildman–Crippen MR) is 66.6 cm³/mol. The number of nitrogens with zero attached hydrogens (tertiary/aromatic N) is 5. The van der Waals surface area contributed by atoms with Crippen molar-refractivity contribution in [2.24, 2.45) is 5.11 Å². The predicted octanol–water partition coefficient (Wildman–Crippen LogP) is 3.74. The van der Waals surface area contributed by atoms with Crippen LogP contribution in [0.5, 0.6) is 0 Å². The van der Waals surface area contributed by atoms with E-state index in [1.807, 2.05) is 39.0 Å². The van der Waals surface area contributed by atoms with Crippen molar-refractivity contribution in [1.29, 1.82) is 0 Å². The van der Waals surface area contributed by atoms with Gasteiger partial charge in [0.2, 0.25) is 0 Å². The third kappa shape index (κ3) is 2.14. The van der Waals surface area contributed by atoms with Crippen molar-refractivity contribution < 1.29 is 0 Å². The van der Waals surface area contributed by atoms with Gasteiger partial charge in [0.25, 0.3) is 0 Å². The van der Waals surface area contributed by atoms with Gasteiger partial charge in [0.1, 0.15) is 0 Å². The van der Waals surface area contributed by atoms with Crippen LogP contribution in [-0.2, 0) is 0 Å². The molecule has 0 aliphatic carbocycles. The molecule has 0 aliphatic heterocycles. The molecule has 17 heavy (non-hydrogen) atoms. The van der Waals surface area contributed by atoms with E-state index in [-0.39, 0.29) is 0 Å². The molecule has 86 valence electrons. The van der Waals surface area contributed by atoms with Crippen molar-refractivity contribution in [1.82, 2.24) is 9.78 Å². The summed E-state index contributed by atoms with van der Waals surface area (Å²) in [7, 11) is 0. The van der Waals surface area contributed by atoms with Crippen LogP contribution in [-0.4, -0.2) is 9.78 Å². The molecule has 0 atom stereocenters. The standard InChI is InChI=1S/C12H13N5/c1-8-4-5-11(14-16-13)12(6-8)17-10(3)7-9(2)15-17/h4-7H,1-3H3. The number of aryl methyl sites for hydroxylation is 3. The smallest absolute Gasteiger partial charge is 0.0747 e. The maximum Gasteiger partial charge on any atom is 0.0747 e. The minimum absolute atomic E-state index is 0.587. The zero-order chi connectivity index (χ0) is 12.4. The number of aromatic nitrogens is 2. The minimum Gasteiger partial charge on any atom is -0.237 e. The largest absolute Gasteiger partial charge is 0.237 e. The highest BCUT2D eigenvalue weighted by Crippen LogP contribution is 2.25. The first-order valence-electron chi connectivity index (χ1n) is 5.31. The van der Waals surface area contributed by atoms with Gasteiger partial charge in [0.05, 0.1) is 17.1 Å². The van der Waals surface area contributed by atoms with Gasteiger partial charge in [0.15, 0.2) is 0 Å². The Labute approximate surface area is 99.3 Å². The second-order valence-corrected chi connectivity index (χ2v) is 4.02. The molecular formula is C12H13N5. The first-order valence-corrected chi connectivity index (χ1v) is 5.31. The lowest BCUT2D eigenvalue weighted by Crippen LogP contribution is -1.99. The van der Waals surface area contributed by atoms with Crippen molar-refractivity contribution in [2.45, 2.75) is 20.8 Å². The molecule has 0 N–H and O–H groups in total. The first kappa shape index (κ1) is 11.2. The summed E-state index contributed by atoms with van der Waals surface area (Å²) < 4.78 is 1.80. The van der Waals surface area contributed by atoms with Gasteiger partial charge in [-0.05, 0) is 44.0 Å². The van der Waals surface area contributed by atoms with E-state index in [0.29, 0.717) is 5.69 Å². The molecule has 2 rings (SSSR count). The molecule has 5 heteroatoms. The van der Waals surface area contributed by atoms with E-state index in [4.69, 9.17) is 5.53 Å². The summed E-state index contributed by atoms with van der Waals surface area (Å²) in [5.74, 6) is 0. The Bertz CT molecular complexity index is 605. The van der Waals surface area contributed by atoms with Crippen LogP contribution in [0.1, 0.15) is 17.0 Å². The number of hydrogen-bond acceptors (Lipinski definition) is 2. The second-order valence-electron chi connectivity index (χ2n) is 4.02. The topological polar surface area (TPSA) is 66.6 Å². The molecule has 0 radical (unpaired) electrons. The van der Waals surface area contributed by atoms with Crippen LogP contribution in [0.25, 0.3) is 16.1 Å². The van der Waals surface area contributed by atoms with Crippen LogP contribution in [0.3, 0.4) is 0 Å². The van der Waals surface area contributed by atoms with E-state index in [2.05, 4.69) is 15.1 Å². The summed E-state index contributed by atoms with van der Waals surface area (Å²) in [5.41, 5.74) is 13.0. The van der Waals surface area contributed by atoms with Gasteiger partial charge in [-0.2, -0.15) is 5.10 Å². The van der Waals surface area contributed by atoms with Crippen molar-refractivity contribution in [3.63, 3.8) is 0 Å². The molecule has 0 saturated heterocycles. The summed E-state index contributed by atoms with van der Waals surface area (Å²) in [6, 6.07) is 7.67. The average molecular weight is 227 g/mol. The van der Waals surface area contributed by atoms with Crippen LogP contribution in [0.2, 0.25) is 0 Å². The third-order valence-corrected chi connectivity index (χ3v) is 2.52. The zero-order valence-corrected chi connectivity index (χ0v) is 10.0. The Hall–Kier alpha value is -2.26. The van der Waals surface area contributed by atoms with Crippen LogP contribution >= 0.6 is 0 Å². The Kier molecular flexibility index (Phi) is 2.85. The van der Waals surface area contributed by atoms with E-state index < -0.39 is 0 Å². The first-order chi connectivity index (χ1) is 8.11. The lowest BCUT2D eigenvalue weighted by atomic mass is 10.2. The van der Waals surface area contributed by atoms with Crippen LogP contribution in [0.4, 0.5) is 5.69 Å². The highest BCUT2D eigenvalue weighted by atomic mass is 15.3. The molecule has 1 aromatic carbocycles. The maximum atomic E-state index is 8.56. The van der Waals surface area contributed by atoms with E-state index >= 15 is 0 Å². The molecular weight excluding hydrogens is 214 g/mol. The van der Waals surface area contributed by atoms with Gasteiger partial charge in [-0.1, -0.05) is 17.2 Å². The lowest BCUT2D eigenvalue weighted by Gasteiger charge is -2.08. The van der Waals surface area contributed by atoms with Gasteiger partial charge in [-0.25, -0.2) is 4.68 Å². The van der Waals surface area contributed by atoms with Gasteiger partial charge in [-0.3, -0.25) is 0 Å². The zero-order valence-electron chi connectivity index (χ0n) is 10.0. The summed E-state index contributed by atoms with van der Waals surface area (Å²) in [4.78, 5) is 2.84. The van der Waals surface area contributed by atoms with Crippen molar-refractivity contribution >= 4 is 5.69 Å². The van der Waals surface area contributed by atoms with E-state index in [1.165, 1.54) is 0 Å². The minimum atomic E-state index is 0.587. The summed E-state index contributed by atoms with van der Waals surface area (Å²) in [6.45, 7) is 5.91. The highest BCUT2D eigenvalue weighted by molar-refractivity contribution is 5.58. The third-order valence-electron chi connectivity index (χ3n) is 2.52. The fourth-order valence-electron chi connectivity index (χ4n) is 1.81. The molecule has 0 fully saturated rings. The Morgan fingerprint density at radius 2 is 2.00 bits per heavy atom. The van der Waals surface area contributed by atoms with E-state index in [9.17, 15) is 0 Å². The molecule has 0 bridgehead atoms. The summed E-state index contributed by atoms with van der Waals surface area (Å²) in [5, 5.41) is 8.09. The molecule has 0 aliphatic rings. The SMILES string of the molecule is Cc1ccc(N=[N+]=[N-])c(-n2nc(C)cc2C)c1. The number of benzene rings is 1. The van der Waals surface area contributed by atoms with Gasteiger partial charge in [-0.15, -0.1) is 0 Å². The van der Waals surface area contributed by atoms with Gasteiger partial charge in [0, 0.05) is 10.6 Å². The molecule has 0 amide bonds. The maximum absolute atomic E-state index is 8.56. The normalized spacial score (nSPS) is 10.1. The number of azide groups is 1. The number of rotatable bonds is 2. The highest BCUT2D eigenvalue weighted by Gasteiger charge is 2.08. The molecule has 5 nitrogen and oxygen atoms in total. The van der Waals surface area contributed by atoms with Crippen LogP contribution in [0, 0.1) is 20.8 Å². The molecule has 1 aromatic heterocycles. The quantitative estimate of drug-likeness (QED) is 0.437. The molecule has 0 spiro atoms. The fourth-order valence-corrected chi connectivity index (χ4v) is 1.81. The average Bonchev–Trinajstić information content (AvgIpc) is 2.61. The van der Waals surface area contributed by atoms with E-state index in [1.54, 1.807) is 10.7 Å². The molecule has 0 unspecified atom stereocenters. The Morgan fingerprint density at radius 3 is 2.59 bits per heavy atom. The molecule has 2 aromatic rings. The Morgan fingerprint density at radius 1 is 1.24 bits per heavy atom. The van der Waals surface area contributed by atoms with Crippen molar-refractivity contribution in [3.05, 3.63) is 51.7 Å². The summed E-state index contributed by atoms with van der Waals surface area (Å²) >= 11 is 0. The summed E-state index contributed by atoms with van der Waals surface area (Å²) in [6.07, 6.45) is 0. The fraction of sp³-hybridized carbons (Fsp3) is 0.250. The van der Waals surface area contributed by atoms with Crippen LogP contribution < -0.4 is 0 Å². The number of hydrogen-bond donors (Lipinski definition) is 0. The Balaban J connectivity index is 2.68. The lowest BCUT2D eigenvalue weighted by molar-refractivity contribution is 0.832. The molecule has 1 heterocycles. The van der Waals surface area contributed by atoms with E-state index in [0.717, 1.165) is 22.6 Å².